The molecule has 0 atom stereocenters. The number of hydrogen-bond acceptors (Lipinski definition) is 1. The third-order valence-electron chi connectivity index (χ3n) is 1.98. The first-order chi connectivity index (χ1) is 6.56. The van der Waals surface area contributed by atoms with E-state index in [9.17, 15) is 9.18 Å². The van der Waals surface area contributed by atoms with Gasteiger partial charge in [0.2, 0.25) is 0 Å². The van der Waals surface area contributed by atoms with Crippen LogP contribution in [0.4, 0.5) is 4.39 Å². The van der Waals surface area contributed by atoms with E-state index in [1.807, 2.05) is 6.92 Å². The minimum atomic E-state index is -0.496. The Hall–Kier alpha value is -0.900. The van der Waals surface area contributed by atoms with E-state index < -0.39 is 5.82 Å². The van der Waals surface area contributed by atoms with E-state index in [4.69, 9.17) is 0 Å². The molecule has 0 aliphatic heterocycles. The van der Waals surface area contributed by atoms with Gasteiger partial charge in [-0.15, -0.1) is 0 Å². The lowest BCUT2D eigenvalue weighted by Gasteiger charge is -2.14. The van der Waals surface area contributed by atoms with Crippen molar-refractivity contribution in [3.8, 4) is 0 Å². The van der Waals surface area contributed by atoms with Gasteiger partial charge in [0, 0.05) is 18.1 Å². The highest BCUT2D eigenvalue weighted by atomic mass is 79.9. The number of carbonyl (C=O) groups excluding carboxylic acids is 1. The fourth-order valence-corrected chi connectivity index (χ4v) is 1.35. The van der Waals surface area contributed by atoms with Crippen LogP contribution < -0.4 is 0 Å². The summed E-state index contributed by atoms with van der Waals surface area (Å²) < 4.78 is 14.0. The number of rotatable bonds is 2. The number of nitrogens with zero attached hydrogens (tertiary/aromatic N) is 1. The molecule has 0 aliphatic rings. The third kappa shape index (κ3) is 2.32. The van der Waals surface area contributed by atoms with Crippen molar-refractivity contribution in [2.24, 2.45) is 0 Å². The number of hydrogen-bond donors (Lipinski definition) is 0. The minimum absolute atomic E-state index is 0.109. The third-order valence-corrected chi connectivity index (χ3v) is 2.48. The molecule has 0 heterocycles. The van der Waals surface area contributed by atoms with Gasteiger partial charge in [0.25, 0.3) is 5.91 Å². The molecule has 2 nitrogen and oxygen atoms in total. The Kier molecular flexibility index (Phi) is 3.63. The van der Waals surface area contributed by atoms with Crippen molar-refractivity contribution in [2.45, 2.75) is 6.92 Å². The van der Waals surface area contributed by atoms with Crippen molar-refractivity contribution in [1.29, 1.82) is 0 Å². The maximum atomic E-state index is 13.3. The van der Waals surface area contributed by atoms with Crippen LogP contribution in [0.5, 0.6) is 0 Å². The number of halogens is 2. The standard InChI is InChI=1S/C10H11BrFNO/c1-3-13(2)10(14)8-5-4-7(11)6-9(8)12/h4-6H,3H2,1-2H3. The van der Waals surface area contributed by atoms with Crippen LogP contribution in [0.1, 0.15) is 17.3 Å². The van der Waals surface area contributed by atoms with Gasteiger partial charge in [0.15, 0.2) is 0 Å². The lowest BCUT2D eigenvalue weighted by atomic mass is 10.2. The van der Waals surface area contributed by atoms with Crippen LogP contribution in [0.2, 0.25) is 0 Å². The molecule has 0 spiro atoms. The molecule has 0 bridgehead atoms. The molecule has 4 heteroatoms. The summed E-state index contributed by atoms with van der Waals surface area (Å²) in [5.74, 6) is -0.790. The van der Waals surface area contributed by atoms with Crippen LogP contribution in [-0.2, 0) is 0 Å². The SMILES string of the molecule is CCN(C)C(=O)c1ccc(Br)cc1F. The Morgan fingerprint density at radius 3 is 2.71 bits per heavy atom. The second-order valence-electron chi connectivity index (χ2n) is 2.94. The summed E-state index contributed by atoms with van der Waals surface area (Å²) in [6.45, 7) is 2.41. The summed E-state index contributed by atoms with van der Waals surface area (Å²) in [7, 11) is 1.64. The highest BCUT2D eigenvalue weighted by Crippen LogP contribution is 2.16. The fourth-order valence-electron chi connectivity index (χ4n) is 1.01. The van der Waals surface area contributed by atoms with Gasteiger partial charge in [0.1, 0.15) is 5.82 Å². The molecule has 1 amide bonds. The predicted molar refractivity (Wildman–Crippen MR) is 56.7 cm³/mol. The van der Waals surface area contributed by atoms with Crippen LogP contribution in [0.25, 0.3) is 0 Å². The zero-order valence-corrected chi connectivity index (χ0v) is 9.64. The van der Waals surface area contributed by atoms with Crippen LogP contribution in [0.3, 0.4) is 0 Å². The van der Waals surface area contributed by atoms with Gasteiger partial charge in [-0.1, -0.05) is 15.9 Å². The van der Waals surface area contributed by atoms with E-state index in [1.165, 1.54) is 17.0 Å². The molecule has 1 aromatic carbocycles. The second kappa shape index (κ2) is 4.55. The van der Waals surface area contributed by atoms with Crippen molar-refractivity contribution in [2.75, 3.05) is 13.6 Å². The van der Waals surface area contributed by atoms with Crippen molar-refractivity contribution in [3.63, 3.8) is 0 Å². The van der Waals surface area contributed by atoms with E-state index in [-0.39, 0.29) is 11.5 Å². The van der Waals surface area contributed by atoms with Gasteiger partial charge >= 0.3 is 0 Å². The quantitative estimate of drug-likeness (QED) is 0.800. The molecule has 0 saturated heterocycles. The Balaban J connectivity index is 3.02. The average molecular weight is 260 g/mol. The summed E-state index contributed by atoms with van der Waals surface area (Å²) in [4.78, 5) is 13.0. The molecule has 0 saturated carbocycles. The zero-order chi connectivity index (χ0) is 10.7. The molecule has 0 aliphatic carbocycles. The van der Waals surface area contributed by atoms with Crippen LogP contribution in [0.15, 0.2) is 22.7 Å². The molecule has 1 rings (SSSR count). The normalized spacial score (nSPS) is 10.0. The number of amides is 1. The molecule has 0 fully saturated rings. The Morgan fingerprint density at radius 1 is 1.57 bits per heavy atom. The number of benzene rings is 1. The van der Waals surface area contributed by atoms with E-state index in [2.05, 4.69) is 15.9 Å². The van der Waals surface area contributed by atoms with E-state index in [0.717, 1.165) is 0 Å². The highest BCUT2D eigenvalue weighted by Gasteiger charge is 2.14. The first kappa shape index (κ1) is 11.2. The Bertz CT molecular complexity index is 354. The summed E-state index contributed by atoms with van der Waals surface area (Å²) in [5, 5.41) is 0. The van der Waals surface area contributed by atoms with Gasteiger partial charge in [-0.25, -0.2) is 4.39 Å². The van der Waals surface area contributed by atoms with Crippen molar-refractivity contribution in [1.82, 2.24) is 4.90 Å². The monoisotopic (exact) mass is 259 g/mol. The largest absolute Gasteiger partial charge is 0.342 e. The molecular weight excluding hydrogens is 249 g/mol. The lowest BCUT2D eigenvalue weighted by Crippen LogP contribution is -2.27. The topological polar surface area (TPSA) is 20.3 Å². The van der Waals surface area contributed by atoms with Crippen molar-refractivity contribution >= 4 is 21.8 Å². The lowest BCUT2D eigenvalue weighted by molar-refractivity contribution is 0.0798. The molecule has 0 N–H and O–H groups in total. The van der Waals surface area contributed by atoms with Gasteiger partial charge in [-0.3, -0.25) is 4.79 Å². The molecule has 0 radical (unpaired) electrons. The minimum Gasteiger partial charge on any atom is -0.342 e. The van der Waals surface area contributed by atoms with Gasteiger partial charge < -0.3 is 4.90 Å². The van der Waals surface area contributed by atoms with Gasteiger partial charge in [-0.05, 0) is 25.1 Å². The zero-order valence-electron chi connectivity index (χ0n) is 8.05. The van der Waals surface area contributed by atoms with Crippen molar-refractivity contribution in [3.05, 3.63) is 34.1 Å². The maximum absolute atomic E-state index is 13.3. The smallest absolute Gasteiger partial charge is 0.256 e. The molecule has 0 unspecified atom stereocenters. The fraction of sp³-hybridized carbons (Fsp3) is 0.300. The first-order valence-corrected chi connectivity index (χ1v) is 5.06. The van der Waals surface area contributed by atoms with Gasteiger partial charge in [-0.2, -0.15) is 0 Å². The molecule has 1 aromatic rings. The Morgan fingerprint density at radius 2 is 2.21 bits per heavy atom. The van der Waals surface area contributed by atoms with Crippen LogP contribution >= 0.6 is 15.9 Å². The summed E-state index contributed by atoms with van der Waals surface area (Å²) in [6, 6.07) is 4.42. The Labute approximate surface area is 90.8 Å². The van der Waals surface area contributed by atoms with Crippen LogP contribution in [0, 0.1) is 5.82 Å². The second-order valence-corrected chi connectivity index (χ2v) is 3.86. The van der Waals surface area contributed by atoms with E-state index >= 15 is 0 Å². The van der Waals surface area contributed by atoms with E-state index in [0.29, 0.717) is 11.0 Å². The predicted octanol–water partition coefficient (Wildman–Crippen LogP) is 2.68. The molecular formula is C10H11BrFNO. The maximum Gasteiger partial charge on any atom is 0.256 e. The van der Waals surface area contributed by atoms with Crippen LogP contribution in [-0.4, -0.2) is 24.4 Å². The highest BCUT2D eigenvalue weighted by molar-refractivity contribution is 9.10. The molecule has 76 valence electrons. The first-order valence-electron chi connectivity index (χ1n) is 4.26. The summed E-state index contributed by atoms with van der Waals surface area (Å²) >= 11 is 3.13. The van der Waals surface area contributed by atoms with E-state index in [1.54, 1.807) is 13.1 Å². The summed E-state index contributed by atoms with van der Waals surface area (Å²) in [6.07, 6.45) is 0. The number of carbonyl (C=O) groups is 1. The average Bonchev–Trinajstić information content (AvgIpc) is 2.15. The molecule has 14 heavy (non-hydrogen) atoms. The van der Waals surface area contributed by atoms with Crippen molar-refractivity contribution < 1.29 is 9.18 Å². The molecule has 0 aromatic heterocycles. The summed E-state index contributed by atoms with van der Waals surface area (Å²) in [5.41, 5.74) is 0.109. The van der Waals surface area contributed by atoms with Gasteiger partial charge in [0.05, 0.1) is 5.56 Å².